The number of rotatable bonds is 5. The lowest BCUT2D eigenvalue weighted by molar-refractivity contribution is 0.131. The number of halogens is 1. The molecule has 2 aromatic heterocycles. The van der Waals surface area contributed by atoms with Crippen LogP contribution < -0.4 is 9.64 Å². The second-order valence-corrected chi connectivity index (χ2v) is 8.54. The van der Waals surface area contributed by atoms with Gasteiger partial charge in [0.2, 0.25) is 0 Å². The van der Waals surface area contributed by atoms with Gasteiger partial charge in [-0.2, -0.15) is 4.98 Å². The van der Waals surface area contributed by atoms with Gasteiger partial charge < -0.3 is 14.2 Å². The summed E-state index contributed by atoms with van der Waals surface area (Å²) in [4.78, 5) is 10.9. The van der Waals surface area contributed by atoms with E-state index >= 15 is 0 Å². The van der Waals surface area contributed by atoms with Crippen molar-refractivity contribution < 1.29 is 9.26 Å². The Balaban J connectivity index is 1.53. The standard InChI is InChI=1S/C15H21BrN4O2S/c1-9(2)13-18-14(22-19-13)20-6-4-11(5-7-20)10(3)21-15-17-8-12(16)23-15/h8-11H,4-7H2,1-3H3/t10-/m0/s1. The number of thiazole rings is 1. The molecule has 1 aliphatic rings. The molecule has 0 N–H and O–H groups in total. The van der Waals surface area contributed by atoms with Crippen LogP contribution in [-0.2, 0) is 0 Å². The summed E-state index contributed by atoms with van der Waals surface area (Å²) < 4.78 is 12.3. The summed E-state index contributed by atoms with van der Waals surface area (Å²) in [6.07, 6.45) is 4.03. The zero-order valence-corrected chi connectivity index (χ0v) is 15.9. The Morgan fingerprint density at radius 3 is 2.65 bits per heavy atom. The third-order valence-corrected chi connectivity index (χ3v) is 5.53. The SMILES string of the molecule is CC(C)c1noc(N2CCC([C@H](C)Oc3ncc(Br)s3)CC2)n1. The van der Waals surface area contributed by atoms with Gasteiger partial charge in [0.25, 0.3) is 5.19 Å². The number of nitrogens with zero attached hydrogens (tertiary/aromatic N) is 4. The summed E-state index contributed by atoms with van der Waals surface area (Å²) in [6, 6.07) is 0.643. The van der Waals surface area contributed by atoms with Gasteiger partial charge in [-0.05, 0) is 41.6 Å². The fourth-order valence-corrected chi connectivity index (χ4v) is 3.79. The van der Waals surface area contributed by atoms with Crippen molar-refractivity contribution in [2.24, 2.45) is 5.92 Å². The van der Waals surface area contributed by atoms with Crippen molar-refractivity contribution in [2.45, 2.75) is 45.6 Å². The first-order valence-corrected chi connectivity index (χ1v) is 9.50. The van der Waals surface area contributed by atoms with Crippen molar-refractivity contribution in [3.63, 3.8) is 0 Å². The predicted octanol–water partition coefficient (Wildman–Crippen LogP) is 4.10. The molecule has 6 nitrogen and oxygen atoms in total. The van der Waals surface area contributed by atoms with E-state index in [2.05, 4.69) is 56.7 Å². The summed E-state index contributed by atoms with van der Waals surface area (Å²) in [6.45, 7) is 8.09. The Labute approximate surface area is 148 Å². The van der Waals surface area contributed by atoms with E-state index in [-0.39, 0.29) is 12.0 Å². The Morgan fingerprint density at radius 1 is 1.35 bits per heavy atom. The molecule has 0 saturated carbocycles. The first kappa shape index (κ1) is 16.7. The second kappa shape index (κ2) is 7.17. The zero-order chi connectivity index (χ0) is 16.4. The average molecular weight is 401 g/mol. The highest BCUT2D eigenvalue weighted by Crippen LogP contribution is 2.30. The molecule has 1 aliphatic heterocycles. The molecule has 0 unspecified atom stereocenters. The number of hydrogen-bond donors (Lipinski definition) is 0. The van der Waals surface area contributed by atoms with Crippen LogP contribution in [0.4, 0.5) is 6.01 Å². The first-order valence-electron chi connectivity index (χ1n) is 7.89. The Bertz CT molecular complexity index is 637. The number of anilines is 1. The molecule has 1 atom stereocenters. The molecule has 8 heteroatoms. The fourth-order valence-electron chi connectivity index (χ4n) is 2.70. The molecule has 0 aromatic carbocycles. The van der Waals surface area contributed by atoms with Gasteiger partial charge in [0.1, 0.15) is 6.10 Å². The number of aromatic nitrogens is 3. The van der Waals surface area contributed by atoms with Crippen LogP contribution in [0.2, 0.25) is 0 Å². The molecule has 0 amide bonds. The summed E-state index contributed by atoms with van der Waals surface area (Å²) in [5.41, 5.74) is 0. The maximum absolute atomic E-state index is 5.96. The van der Waals surface area contributed by atoms with Gasteiger partial charge in [-0.25, -0.2) is 4.98 Å². The molecule has 0 radical (unpaired) electrons. The van der Waals surface area contributed by atoms with E-state index in [9.17, 15) is 0 Å². The van der Waals surface area contributed by atoms with E-state index < -0.39 is 0 Å². The van der Waals surface area contributed by atoms with Crippen molar-refractivity contribution >= 4 is 33.3 Å². The average Bonchev–Trinajstić information content (AvgIpc) is 3.17. The van der Waals surface area contributed by atoms with Crippen molar-refractivity contribution in [3.8, 4) is 5.19 Å². The monoisotopic (exact) mass is 400 g/mol. The van der Waals surface area contributed by atoms with Crippen LogP contribution in [0.3, 0.4) is 0 Å². The highest BCUT2D eigenvalue weighted by molar-refractivity contribution is 9.11. The smallest absolute Gasteiger partial charge is 0.324 e. The quantitative estimate of drug-likeness (QED) is 0.752. The highest BCUT2D eigenvalue weighted by atomic mass is 79.9. The summed E-state index contributed by atoms with van der Waals surface area (Å²) in [7, 11) is 0. The lowest BCUT2D eigenvalue weighted by Crippen LogP contribution is -2.38. The molecule has 126 valence electrons. The van der Waals surface area contributed by atoms with E-state index in [1.54, 1.807) is 6.20 Å². The van der Waals surface area contributed by atoms with Gasteiger partial charge in [-0.15, -0.1) is 0 Å². The zero-order valence-electron chi connectivity index (χ0n) is 13.5. The van der Waals surface area contributed by atoms with Crippen molar-refractivity contribution in [2.75, 3.05) is 18.0 Å². The van der Waals surface area contributed by atoms with E-state index in [4.69, 9.17) is 9.26 Å². The minimum absolute atomic E-state index is 0.157. The normalized spacial score (nSPS) is 17.7. The highest BCUT2D eigenvalue weighted by Gasteiger charge is 2.28. The van der Waals surface area contributed by atoms with Crippen molar-refractivity contribution in [1.29, 1.82) is 0 Å². The minimum Gasteiger partial charge on any atom is -0.467 e. The molecule has 0 aliphatic carbocycles. The molecular formula is C15H21BrN4O2S. The van der Waals surface area contributed by atoms with Gasteiger partial charge in [0, 0.05) is 19.0 Å². The molecule has 3 heterocycles. The molecule has 0 bridgehead atoms. The molecule has 23 heavy (non-hydrogen) atoms. The second-order valence-electron chi connectivity index (χ2n) is 6.17. The number of ether oxygens (including phenoxy) is 1. The fraction of sp³-hybridized carbons (Fsp3) is 0.667. The molecular weight excluding hydrogens is 380 g/mol. The van der Waals surface area contributed by atoms with E-state index in [0.29, 0.717) is 11.9 Å². The lowest BCUT2D eigenvalue weighted by Gasteiger charge is -2.33. The van der Waals surface area contributed by atoms with Crippen molar-refractivity contribution in [1.82, 2.24) is 15.1 Å². The topological polar surface area (TPSA) is 64.3 Å². The van der Waals surface area contributed by atoms with Gasteiger partial charge >= 0.3 is 6.01 Å². The molecule has 1 saturated heterocycles. The molecule has 3 rings (SSSR count). The lowest BCUT2D eigenvalue weighted by atomic mass is 9.92. The van der Waals surface area contributed by atoms with Crippen LogP contribution in [0, 0.1) is 5.92 Å². The van der Waals surface area contributed by atoms with Gasteiger partial charge in [-0.3, -0.25) is 0 Å². The van der Waals surface area contributed by atoms with E-state index in [1.807, 2.05) is 0 Å². The van der Waals surface area contributed by atoms with Crippen LogP contribution in [0.5, 0.6) is 5.19 Å². The third kappa shape index (κ3) is 4.03. The molecule has 2 aromatic rings. The summed E-state index contributed by atoms with van der Waals surface area (Å²) in [5.74, 6) is 1.57. The maximum atomic E-state index is 5.96. The Kier molecular flexibility index (Phi) is 5.21. The van der Waals surface area contributed by atoms with Gasteiger partial charge in [0.15, 0.2) is 5.82 Å². The van der Waals surface area contributed by atoms with E-state index in [1.165, 1.54) is 11.3 Å². The minimum atomic E-state index is 0.157. The number of hydrogen-bond acceptors (Lipinski definition) is 7. The van der Waals surface area contributed by atoms with Gasteiger partial charge in [0.05, 0.1) is 9.98 Å². The van der Waals surface area contributed by atoms with Gasteiger partial charge in [-0.1, -0.05) is 30.3 Å². The number of piperidine rings is 1. The van der Waals surface area contributed by atoms with Crippen LogP contribution in [-0.4, -0.2) is 34.3 Å². The van der Waals surface area contributed by atoms with Crippen LogP contribution >= 0.6 is 27.3 Å². The third-order valence-electron chi connectivity index (χ3n) is 4.16. The summed E-state index contributed by atoms with van der Waals surface area (Å²) in [5, 5.41) is 4.77. The largest absolute Gasteiger partial charge is 0.467 e. The van der Waals surface area contributed by atoms with Crippen molar-refractivity contribution in [3.05, 3.63) is 15.8 Å². The van der Waals surface area contributed by atoms with Crippen LogP contribution in [0.1, 0.15) is 45.4 Å². The van der Waals surface area contributed by atoms with E-state index in [0.717, 1.165) is 40.7 Å². The molecule has 0 spiro atoms. The molecule has 1 fully saturated rings. The Hall–Kier alpha value is -1.15. The Morgan fingerprint density at radius 2 is 2.09 bits per heavy atom. The predicted molar refractivity (Wildman–Crippen MR) is 93.2 cm³/mol. The maximum Gasteiger partial charge on any atom is 0.324 e. The summed E-state index contributed by atoms with van der Waals surface area (Å²) >= 11 is 4.93. The van der Waals surface area contributed by atoms with Crippen LogP contribution in [0.25, 0.3) is 0 Å². The van der Waals surface area contributed by atoms with Crippen LogP contribution in [0.15, 0.2) is 14.5 Å². The first-order chi connectivity index (χ1) is 11.0.